The van der Waals surface area contributed by atoms with E-state index < -0.39 is 59.0 Å². The maximum atomic E-state index is 14.5. The Hall–Kier alpha value is -4.29. The Labute approximate surface area is 260 Å². The minimum atomic E-state index is -1.46. The van der Waals surface area contributed by atoms with E-state index in [1.807, 2.05) is 12.2 Å². The minimum absolute atomic E-state index is 0.0172. The van der Waals surface area contributed by atoms with Gasteiger partial charge >= 0.3 is 12.1 Å². The molecule has 3 amide bonds. The highest BCUT2D eigenvalue weighted by Gasteiger charge is 2.61. The van der Waals surface area contributed by atoms with E-state index in [0.29, 0.717) is 24.1 Å². The van der Waals surface area contributed by atoms with Crippen LogP contribution in [0.3, 0.4) is 0 Å². The number of carboxylic acids is 1. The average Bonchev–Trinajstić information content (AvgIpc) is 3.48. The Morgan fingerprint density at radius 3 is 2.69 bits per heavy atom. The molecule has 0 spiro atoms. The first-order valence-electron chi connectivity index (χ1n) is 15.4. The van der Waals surface area contributed by atoms with E-state index in [4.69, 9.17) is 9.47 Å². The SMILES string of the molecule is Cc1nc2cccc(F)c2nc1O[C@@H]1C[C@H]2C(=O)N[C@]3(C(=O)O)C[C@H]3C=CCCCCC[C@H](NC(=O)OC(C)(C)C)C(=O)N2C1. The Morgan fingerprint density at radius 1 is 1.18 bits per heavy atom. The van der Waals surface area contributed by atoms with Gasteiger partial charge in [-0.3, -0.25) is 9.59 Å². The van der Waals surface area contributed by atoms with Gasteiger partial charge in [0, 0.05) is 12.3 Å². The lowest BCUT2D eigenvalue weighted by Gasteiger charge is -2.30. The molecule has 13 heteroatoms. The summed E-state index contributed by atoms with van der Waals surface area (Å²) in [4.78, 5) is 63.0. The summed E-state index contributed by atoms with van der Waals surface area (Å²) in [6.45, 7) is 6.76. The molecule has 2 fully saturated rings. The Kier molecular flexibility index (Phi) is 8.99. The molecule has 242 valence electrons. The zero-order valence-electron chi connectivity index (χ0n) is 26.0. The molecule has 0 radical (unpaired) electrons. The van der Waals surface area contributed by atoms with Gasteiger partial charge in [-0.25, -0.2) is 23.9 Å². The number of allylic oxidation sites excluding steroid dienone is 1. The first kappa shape index (κ1) is 32.1. The van der Waals surface area contributed by atoms with Gasteiger partial charge in [-0.05, 0) is 65.5 Å². The predicted molar refractivity (Wildman–Crippen MR) is 161 cm³/mol. The summed E-state index contributed by atoms with van der Waals surface area (Å²) in [5.74, 6) is -3.16. The van der Waals surface area contributed by atoms with Gasteiger partial charge in [0.2, 0.25) is 17.7 Å². The number of nitrogens with one attached hydrogen (secondary N) is 2. The number of benzene rings is 1. The smallest absolute Gasteiger partial charge is 0.408 e. The molecule has 1 aromatic heterocycles. The van der Waals surface area contributed by atoms with Crippen molar-refractivity contribution in [3.05, 3.63) is 41.9 Å². The van der Waals surface area contributed by atoms with Crippen molar-refractivity contribution in [3.63, 3.8) is 0 Å². The highest BCUT2D eigenvalue weighted by Crippen LogP contribution is 2.45. The van der Waals surface area contributed by atoms with Crippen LogP contribution in [0.4, 0.5) is 9.18 Å². The Balaban J connectivity index is 1.45. The highest BCUT2D eigenvalue weighted by atomic mass is 19.1. The van der Waals surface area contributed by atoms with Crippen molar-refractivity contribution in [2.24, 2.45) is 5.92 Å². The first-order chi connectivity index (χ1) is 21.3. The maximum absolute atomic E-state index is 14.5. The zero-order chi connectivity index (χ0) is 32.5. The molecule has 0 bridgehead atoms. The predicted octanol–water partition coefficient (Wildman–Crippen LogP) is 3.80. The van der Waals surface area contributed by atoms with Crippen molar-refractivity contribution in [2.75, 3.05) is 6.54 Å². The molecule has 3 N–H and O–H groups in total. The number of fused-ring (bicyclic) bond motifs is 3. The fourth-order valence-corrected chi connectivity index (χ4v) is 5.98. The number of hydrogen-bond donors (Lipinski definition) is 3. The van der Waals surface area contributed by atoms with Crippen LogP contribution in [0.15, 0.2) is 30.4 Å². The molecule has 5 rings (SSSR count). The lowest BCUT2D eigenvalue weighted by molar-refractivity contribution is -0.145. The second-order valence-corrected chi connectivity index (χ2v) is 13.0. The number of aryl methyl sites for hydroxylation is 1. The van der Waals surface area contributed by atoms with E-state index in [2.05, 4.69) is 20.6 Å². The monoisotopic (exact) mass is 625 g/mol. The van der Waals surface area contributed by atoms with Crippen molar-refractivity contribution in [1.29, 1.82) is 0 Å². The number of para-hydroxylation sites is 1. The molecule has 1 saturated heterocycles. The fraction of sp³-hybridized carbons (Fsp3) is 0.562. The molecule has 1 aromatic carbocycles. The van der Waals surface area contributed by atoms with Gasteiger partial charge in [0.15, 0.2) is 5.82 Å². The summed E-state index contributed by atoms with van der Waals surface area (Å²) in [6, 6.07) is 2.34. The standard InChI is InChI=1S/C32H40FN5O7/c1-18-27(36-25-21(33)12-10-14-22(25)34-18)44-20-15-24-26(39)37-32(29(41)42)16-19(32)11-8-6-5-7-9-13-23(28(40)38(24)17-20)35-30(43)45-31(2,3)4/h8,10-12,14,19-20,23-24H,5-7,9,13,15-17H2,1-4H3,(H,35,43)(H,37,39)(H,41,42)/t19-,20-,23+,24+,32-/m1/s1. The van der Waals surface area contributed by atoms with Gasteiger partial charge < -0.3 is 30.1 Å². The Bertz CT molecular complexity index is 1530. The molecule has 5 atom stereocenters. The van der Waals surface area contributed by atoms with Crippen molar-refractivity contribution in [2.45, 2.75) is 102 Å². The maximum Gasteiger partial charge on any atom is 0.408 e. The molecular weight excluding hydrogens is 585 g/mol. The number of carbonyl (C=O) groups is 4. The molecule has 2 aliphatic heterocycles. The second-order valence-electron chi connectivity index (χ2n) is 13.0. The molecule has 0 unspecified atom stereocenters. The number of rotatable bonds is 4. The number of carbonyl (C=O) groups excluding carboxylic acids is 3. The van der Waals surface area contributed by atoms with Gasteiger partial charge in [0.05, 0.1) is 12.1 Å². The molecule has 45 heavy (non-hydrogen) atoms. The zero-order valence-corrected chi connectivity index (χ0v) is 26.0. The second kappa shape index (κ2) is 12.6. The van der Waals surface area contributed by atoms with Crippen LogP contribution >= 0.6 is 0 Å². The Morgan fingerprint density at radius 2 is 1.96 bits per heavy atom. The average molecular weight is 626 g/mol. The molecule has 3 heterocycles. The van der Waals surface area contributed by atoms with Crippen LogP contribution in [0.5, 0.6) is 5.88 Å². The van der Waals surface area contributed by atoms with E-state index in [1.165, 1.54) is 17.0 Å². The van der Waals surface area contributed by atoms with Crippen LogP contribution in [0.1, 0.15) is 71.4 Å². The number of ether oxygens (including phenoxy) is 2. The third-order valence-electron chi connectivity index (χ3n) is 8.37. The van der Waals surface area contributed by atoms with E-state index in [0.717, 1.165) is 19.3 Å². The van der Waals surface area contributed by atoms with Crippen LogP contribution in [-0.2, 0) is 19.1 Å². The summed E-state index contributed by atoms with van der Waals surface area (Å²) in [6.07, 6.45) is 5.79. The van der Waals surface area contributed by atoms with Gasteiger partial charge in [0.25, 0.3) is 0 Å². The van der Waals surface area contributed by atoms with Crippen LogP contribution in [0.25, 0.3) is 11.0 Å². The van der Waals surface area contributed by atoms with Crippen molar-refractivity contribution in [3.8, 4) is 5.88 Å². The summed E-state index contributed by atoms with van der Waals surface area (Å²) >= 11 is 0. The molecule has 12 nitrogen and oxygen atoms in total. The van der Waals surface area contributed by atoms with Crippen LogP contribution in [-0.4, -0.2) is 79.7 Å². The molecule has 3 aliphatic rings. The number of aromatic nitrogens is 2. The van der Waals surface area contributed by atoms with Gasteiger partial charge in [-0.1, -0.05) is 31.1 Å². The summed E-state index contributed by atoms with van der Waals surface area (Å²) < 4.78 is 26.1. The summed E-state index contributed by atoms with van der Waals surface area (Å²) in [7, 11) is 0. The first-order valence-corrected chi connectivity index (χ1v) is 15.4. The van der Waals surface area contributed by atoms with Crippen molar-refractivity contribution < 1.29 is 38.1 Å². The van der Waals surface area contributed by atoms with Gasteiger partial charge in [-0.15, -0.1) is 0 Å². The lowest BCUT2D eigenvalue weighted by atomic mass is 10.0. The number of hydrogen-bond acceptors (Lipinski definition) is 8. The fourth-order valence-electron chi connectivity index (χ4n) is 5.98. The number of aliphatic carboxylic acids is 1. The van der Waals surface area contributed by atoms with E-state index in [9.17, 15) is 28.7 Å². The molecular formula is C32H40FN5O7. The highest BCUT2D eigenvalue weighted by molar-refractivity contribution is 5.96. The third kappa shape index (κ3) is 7.18. The number of carboxylic acid groups (broad SMARTS) is 1. The quantitative estimate of drug-likeness (QED) is 0.430. The van der Waals surface area contributed by atoms with Crippen molar-refractivity contribution >= 4 is 34.9 Å². The van der Waals surface area contributed by atoms with Gasteiger partial charge in [0.1, 0.15) is 40.5 Å². The molecule has 2 aromatic rings. The van der Waals surface area contributed by atoms with E-state index in [-0.39, 0.29) is 36.7 Å². The molecule has 1 aliphatic carbocycles. The topological polar surface area (TPSA) is 160 Å². The number of nitrogens with zero attached hydrogens (tertiary/aromatic N) is 3. The number of halogens is 1. The minimum Gasteiger partial charge on any atom is -0.479 e. The van der Waals surface area contributed by atoms with Crippen LogP contribution < -0.4 is 15.4 Å². The number of amides is 3. The van der Waals surface area contributed by atoms with Crippen LogP contribution in [0, 0.1) is 18.7 Å². The van der Waals surface area contributed by atoms with Gasteiger partial charge in [-0.2, -0.15) is 0 Å². The van der Waals surface area contributed by atoms with E-state index in [1.54, 1.807) is 33.8 Å². The van der Waals surface area contributed by atoms with Crippen LogP contribution in [0.2, 0.25) is 0 Å². The van der Waals surface area contributed by atoms with Crippen molar-refractivity contribution in [1.82, 2.24) is 25.5 Å². The molecule has 1 saturated carbocycles. The number of alkyl carbamates (subject to hydrolysis) is 1. The van der Waals surface area contributed by atoms with E-state index >= 15 is 0 Å². The largest absolute Gasteiger partial charge is 0.479 e. The summed E-state index contributed by atoms with van der Waals surface area (Å²) in [5.41, 5.74) is -1.48. The normalized spacial score (nSPS) is 27.4. The lowest BCUT2D eigenvalue weighted by Crippen LogP contribution is -2.56. The third-order valence-corrected chi connectivity index (χ3v) is 8.37. The summed E-state index contributed by atoms with van der Waals surface area (Å²) in [5, 5.41) is 15.5.